The van der Waals surface area contributed by atoms with Crippen LogP contribution in [-0.2, 0) is 0 Å². The number of anilines is 3. The monoisotopic (exact) mass is 451 g/mol. The van der Waals surface area contributed by atoms with Crippen LogP contribution < -0.4 is 4.90 Å². The van der Waals surface area contributed by atoms with E-state index in [-0.39, 0.29) is 0 Å². The molecule has 0 radical (unpaired) electrons. The fraction of sp³-hybridized carbons (Fsp3) is 0.0588. The van der Waals surface area contributed by atoms with Crippen LogP contribution in [0.1, 0.15) is 27.8 Å². The minimum Gasteiger partial charge on any atom is -0.311 e. The van der Waals surface area contributed by atoms with Gasteiger partial charge >= 0.3 is 0 Å². The molecule has 35 heavy (non-hydrogen) atoms. The first-order valence-corrected chi connectivity index (χ1v) is 12.0. The van der Waals surface area contributed by atoms with Crippen LogP contribution in [0.5, 0.6) is 0 Å². The average Bonchev–Trinajstić information content (AvgIpc) is 2.91. The van der Waals surface area contributed by atoms with E-state index in [4.69, 9.17) is 0 Å². The molecular weight excluding hydrogens is 422 g/mol. The molecule has 5 aromatic rings. The molecule has 0 heterocycles. The van der Waals surface area contributed by atoms with Crippen LogP contribution in [0.25, 0.3) is 11.6 Å². The van der Waals surface area contributed by atoms with Crippen molar-refractivity contribution in [1.29, 1.82) is 0 Å². The second-order valence-corrected chi connectivity index (χ2v) is 8.89. The SMILES string of the molecule is Cc1ccc(C(=Cc2ccc(N(c3ccccc3)c3ccc(C)cc3)cc2)c2ccccc2)cc1. The van der Waals surface area contributed by atoms with E-state index in [9.17, 15) is 0 Å². The molecule has 5 rings (SSSR count). The maximum absolute atomic E-state index is 2.30. The summed E-state index contributed by atoms with van der Waals surface area (Å²) in [6.45, 7) is 4.25. The zero-order valence-corrected chi connectivity index (χ0v) is 20.2. The summed E-state index contributed by atoms with van der Waals surface area (Å²) in [6.07, 6.45) is 2.28. The number of nitrogens with zero attached hydrogens (tertiary/aromatic N) is 1. The fourth-order valence-corrected chi connectivity index (χ4v) is 4.29. The maximum atomic E-state index is 2.30. The van der Waals surface area contributed by atoms with Crippen LogP contribution >= 0.6 is 0 Å². The molecule has 0 aromatic heterocycles. The van der Waals surface area contributed by atoms with E-state index in [0.29, 0.717) is 0 Å². The zero-order valence-electron chi connectivity index (χ0n) is 20.2. The van der Waals surface area contributed by atoms with Gasteiger partial charge in [0.1, 0.15) is 0 Å². The van der Waals surface area contributed by atoms with E-state index in [2.05, 4.69) is 158 Å². The molecule has 170 valence electrons. The second-order valence-electron chi connectivity index (χ2n) is 8.89. The van der Waals surface area contributed by atoms with E-state index in [1.54, 1.807) is 0 Å². The third-order valence-corrected chi connectivity index (χ3v) is 6.22. The summed E-state index contributed by atoms with van der Waals surface area (Å²) in [5.41, 5.74) is 10.8. The summed E-state index contributed by atoms with van der Waals surface area (Å²) >= 11 is 0. The first-order valence-electron chi connectivity index (χ1n) is 12.0. The Morgan fingerprint density at radius 1 is 0.457 bits per heavy atom. The van der Waals surface area contributed by atoms with Crippen molar-refractivity contribution in [2.45, 2.75) is 13.8 Å². The zero-order chi connectivity index (χ0) is 24.0. The molecule has 0 aliphatic heterocycles. The molecule has 0 saturated heterocycles. The Morgan fingerprint density at radius 2 is 0.886 bits per heavy atom. The Labute approximate surface area is 208 Å². The third-order valence-electron chi connectivity index (χ3n) is 6.22. The van der Waals surface area contributed by atoms with Gasteiger partial charge in [0.05, 0.1) is 0 Å². The summed E-state index contributed by atoms with van der Waals surface area (Å²) < 4.78 is 0. The van der Waals surface area contributed by atoms with Gasteiger partial charge in [-0.3, -0.25) is 0 Å². The van der Waals surface area contributed by atoms with E-state index in [1.165, 1.54) is 33.4 Å². The van der Waals surface area contributed by atoms with Gasteiger partial charge in [0.2, 0.25) is 0 Å². The summed E-state index contributed by atoms with van der Waals surface area (Å²) in [6, 6.07) is 47.4. The van der Waals surface area contributed by atoms with Gasteiger partial charge in [-0.15, -0.1) is 0 Å². The molecule has 0 N–H and O–H groups in total. The molecule has 0 aliphatic rings. The molecule has 0 fully saturated rings. The average molecular weight is 452 g/mol. The number of para-hydroxylation sites is 1. The number of hydrogen-bond acceptors (Lipinski definition) is 1. The summed E-state index contributed by atoms with van der Waals surface area (Å²) in [7, 11) is 0. The van der Waals surface area contributed by atoms with Crippen molar-refractivity contribution in [1.82, 2.24) is 0 Å². The largest absolute Gasteiger partial charge is 0.311 e. The lowest BCUT2D eigenvalue weighted by molar-refractivity contribution is 1.27. The first-order chi connectivity index (χ1) is 17.2. The van der Waals surface area contributed by atoms with Crippen LogP contribution in [0.2, 0.25) is 0 Å². The Bertz CT molecular complexity index is 1400. The van der Waals surface area contributed by atoms with Crippen molar-refractivity contribution in [3.8, 4) is 0 Å². The smallest absolute Gasteiger partial charge is 0.0462 e. The predicted octanol–water partition coefficient (Wildman–Crippen LogP) is 9.36. The lowest BCUT2D eigenvalue weighted by atomic mass is 9.95. The van der Waals surface area contributed by atoms with Crippen molar-refractivity contribution in [2.75, 3.05) is 4.90 Å². The van der Waals surface area contributed by atoms with Crippen LogP contribution in [0.3, 0.4) is 0 Å². The Hall–Kier alpha value is -4.36. The molecule has 0 saturated carbocycles. The molecule has 0 spiro atoms. The molecule has 0 atom stereocenters. The van der Waals surface area contributed by atoms with Crippen molar-refractivity contribution in [2.24, 2.45) is 0 Å². The lowest BCUT2D eigenvalue weighted by Crippen LogP contribution is -2.09. The van der Waals surface area contributed by atoms with Gasteiger partial charge in [-0.2, -0.15) is 0 Å². The molecule has 0 unspecified atom stereocenters. The quantitative estimate of drug-likeness (QED) is 0.232. The van der Waals surface area contributed by atoms with Gasteiger partial charge in [0.25, 0.3) is 0 Å². The number of benzene rings is 5. The van der Waals surface area contributed by atoms with Gasteiger partial charge in [0.15, 0.2) is 0 Å². The normalized spacial score (nSPS) is 11.3. The number of aryl methyl sites for hydroxylation is 2. The van der Waals surface area contributed by atoms with Crippen LogP contribution in [-0.4, -0.2) is 0 Å². The molecule has 0 aliphatic carbocycles. The molecular formula is C34H29N. The highest BCUT2D eigenvalue weighted by Crippen LogP contribution is 2.35. The Morgan fingerprint density at radius 3 is 1.46 bits per heavy atom. The highest BCUT2D eigenvalue weighted by Gasteiger charge is 2.12. The second kappa shape index (κ2) is 10.3. The topological polar surface area (TPSA) is 3.24 Å². The minimum atomic E-state index is 1.13. The summed E-state index contributed by atoms with van der Waals surface area (Å²) in [4.78, 5) is 2.30. The van der Waals surface area contributed by atoms with E-state index >= 15 is 0 Å². The van der Waals surface area contributed by atoms with Crippen molar-refractivity contribution >= 4 is 28.7 Å². The number of hydrogen-bond donors (Lipinski definition) is 0. The highest BCUT2D eigenvalue weighted by molar-refractivity contribution is 5.91. The van der Waals surface area contributed by atoms with Crippen molar-refractivity contribution in [3.05, 3.63) is 161 Å². The van der Waals surface area contributed by atoms with E-state index in [1.807, 2.05) is 0 Å². The van der Waals surface area contributed by atoms with Gasteiger partial charge in [-0.25, -0.2) is 0 Å². The molecule has 0 amide bonds. The van der Waals surface area contributed by atoms with Crippen molar-refractivity contribution < 1.29 is 0 Å². The van der Waals surface area contributed by atoms with Gasteiger partial charge in [-0.05, 0) is 78.6 Å². The molecule has 5 aromatic carbocycles. The van der Waals surface area contributed by atoms with Crippen LogP contribution in [0.15, 0.2) is 133 Å². The molecule has 0 bridgehead atoms. The van der Waals surface area contributed by atoms with Crippen LogP contribution in [0, 0.1) is 13.8 Å². The predicted molar refractivity (Wildman–Crippen MR) is 150 cm³/mol. The Kier molecular flexibility index (Phi) is 6.59. The fourth-order valence-electron chi connectivity index (χ4n) is 4.29. The van der Waals surface area contributed by atoms with Gasteiger partial charge in [-0.1, -0.05) is 108 Å². The first kappa shape index (κ1) is 22.4. The van der Waals surface area contributed by atoms with E-state index in [0.717, 1.165) is 17.1 Å². The van der Waals surface area contributed by atoms with Gasteiger partial charge < -0.3 is 4.90 Å². The van der Waals surface area contributed by atoms with Gasteiger partial charge in [0, 0.05) is 17.1 Å². The molecule has 1 heteroatoms. The van der Waals surface area contributed by atoms with E-state index < -0.39 is 0 Å². The third kappa shape index (κ3) is 5.26. The number of rotatable bonds is 6. The minimum absolute atomic E-state index is 1.13. The Balaban J connectivity index is 1.54. The standard InChI is InChI=1S/C34H29N/c1-26-13-19-30(20-14-26)34(29-9-5-3-6-10-29)25-28-17-23-33(24-18-28)35(31-11-7-4-8-12-31)32-21-15-27(2)16-22-32/h3-25H,1-2H3. The summed E-state index contributed by atoms with van der Waals surface area (Å²) in [5, 5.41) is 0. The lowest BCUT2D eigenvalue weighted by Gasteiger charge is -2.25. The summed E-state index contributed by atoms with van der Waals surface area (Å²) in [5.74, 6) is 0. The van der Waals surface area contributed by atoms with Crippen molar-refractivity contribution in [3.63, 3.8) is 0 Å². The molecule has 1 nitrogen and oxygen atoms in total. The van der Waals surface area contributed by atoms with Crippen LogP contribution in [0.4, 0.5) is 17.1 Å². The maximum Gasteiger partial charge on any atom is 0.0462 e. The highest BCUT2D eigenvalue weighted by atomic mass is 15.1.